The van der Waals surface area contributed by atoms with Crippen molar-refractivity contribution in [2.45, 2.75) is 26.4 Å². The van der Waals surface area contributed by atoms with Crippen molar-refractivity contribution in [3.63, 3.8) is 0 Å². The normalized spacial score (nSPS) is 12.1. The zero-order chi connectivity index (χ0) is 18.4. The predicted molar refractivity (Wildman–Crippen MR) is 95.6 cm³/mol. The largest absolute Gasteiger partial charge is 0.481 e. The van der Waals surface area contributed by atoms with Gasteiger partial charge in [0.1, 0.15) is 5.76 Å². The van der Waals surface area contributed by atoms with E-state index in [1.807, 2.05) is 51.0 Å². The van der Waals surface area contributed by atoms with Gasteiger partial charge in [-0.2, -0.15) is 0 Å². The molecule has 0 saturated heterocycles. The van der Waals surface area contributed by atoms with Crippen molar-refractivity contribution >= 4 is 6.03 Å². The van der Waals surface area contributed by atoms with Crippen LogP contribution in [0.15, 0.2) is 28.9 Å². The quantitative estimate of drug-likeness (QED) is 0.805. The van der Waals surface area contributed by atoms with Crippen LogP contribution in [0.4, 0.5) is 4.79 Å². The van der Waals surface area contributed by atoms with Crippen LogP contribution in [0, 0.1) is 13.8 Å². The zero-order valence-corrected chi connectivity index (χ0v) is 15.4. The number of hydrogen-bond acceptors (Lipinski definition) is 5. The number of likely N-dealkylation sites (N-methyl/N-ethyl adjacent to an activating group) is 1. The monoisotopic (exact) mass is 346 g/mol. The Bertz CT molecular complexity index is 699. The van der Waals surface area contributed by atoms with Crippen LogP contribution in [0.5, 0.6) is 5.88 Å². The summed E-state index contributed by atoms with van der Waals surface area (Å²) in [6, 6.07) is 5.43. The highest BCUT2D eigenvalue weighted by Gasteiger charge is 2.18. The van der Waals surface area contributed by atoms with E-state index in [1.165, 1.54) is 0 Å². The van der Waals surface area contributed by atoms with Gasteiger partial charge in [-0.3, -0.25) is 4.90 Å². The molecule has 0 spiro atoms. The molecule has 0 bridgehead atoms. The van der Waals surface area contributed by atoms with Crippen molar-refractivity contribution in [1.82, 2.24) is 20.5 Å². The lowest BCUT2D eigenvalue weighted by molar-refractivity contribution is 0.225. The van der Waals surface area contributed by atoms with E-state index in [2.05, 4.69) is 15.6 Å². The fraction of sp³-hybridized carbons (Fsp3) is 0.444. The first-order chi connectivity index (χ1) is 11.9. The molecule has 1 unspecified atom stereocenters. The van der Waals surface area contributed by atoms with Crippen LogP contribution >= 0.6 is 0 Å². The van der Waals surface area contributed by atoms with E-state index in [-0.39, 0.29) is 12.1 Å². The number of nitrogens with zero attached hydrogens (tertiary/aromatic N) is 2. The average molecular weight is 346 g/mol. The minimum Gasteiger partial charge on any atom is -0.481 e. The maximum Gasteiger partial charge on any atom is 0.315 e. The van der Waals surface area contributed by atoms with Gasteiger partial charge in [0, 0.05) is 17.8 Å². The Balaban J connectivity index is 1.93. The molecule has 1 atom stereocenters. The number of methoxy groups -OCH3 is 1. The lowest BCUT2D eigenvalue weighted by Crippen LogP contribution is -2.40. The molecule has 25 heavy (non-hydrogen) atoms. The Labute approximate surface area is 148 Å². The summed E-state index contributed by atoms with van der Waals surface area (Å²) >= 11 is 0. The lowest BCUT2D eigenvalue weighted by atomic mass is 10.1. The summed E-state index contributed by atoms with van der Waals surface area (Å²) in [5, 5.41) is 5.73. The van der Waals surface area contributed by atoms with E-state index >= 15 is 0 Å². The molecule has 0 aliphatic rings. The van der Waals surface area contributed by atoms with E-state index < -0.39 is 0 Å². The third-order valence-corrected chi connectivity index (χ3v) is 4.01. The average Bonchev–Trinajstić information content (AvgIpc) is 3.07. The third-order valence-electron chi connectivity index (χ3n) is 4.01. The Morgan fingerprint density at radius 1 is 1.36 bits per heavy atom. The Kier molecular flexibility index (Phi) is 6.41. The van der Waals surface area contributed by atoms with Gasteiger partial charge in [0.05, 0.1) is 26.0 Å². The summed E-state index contributed by atoms with van der Waals surface area (Å²) in [5.41, 5.74) is 2.79. The van der Waals surface area contributed by atoms with Crippen molar-refractivity contribution in [3.8, 4) is 5.88 Å². The molecule has 7 heteroatoms. The predicted octanol–water partition coefficient (Wildman–Crippen LogP) is 2.40. The number of rotatable bonds is 7. The molecule has 2 amide bonds. The van der Waals surface area contributed by atoms with Gasteiger partial charge in [-0.1, -0.05) is 0 Å². The second-order valence-electron chi connectivity index (χ2n) is 6.13. The molecule has 136 valence electrons. The molecular formula is C18H26N4O3. The van der Waals surface area contributed by atoms with Crippen LogP contribution in [0.3, 0.4) is 0 Å². The van der Waals surface area contributed by atoms with Gasteiger partial charge in [-0.05, 0) is 51.7 Å². The maximum absolute atomic E-state index is 12.2. The highest BCUT2D eigenvalue weighted by molar-refractivity contribution is 5.74. The molecule has 7 nitrogen and oxygen atoms in total. The molecule has 2 aromatic heterocycles. The molecule has 2 rings (SSSR count). The first-order valence-electron chi connectivity index (χ1n) is 8.15. The third kappa shape index (κ3) is 4.96. The molecular weight excluding hydrogens is 320 g/mol. The van der Waals surface area contributed by atoms with Crippen LogP contribution in [-0.4, -0.2) is 43.7 Å². The summed E-state index contributed by atoms with van der Waals surface area (Å²) in [6.45, 7) is 4.68. The van der Waals surface area contributed by atoms with Crippen molar-refractivity contribution in [1.29, 1.82) is 0 Å². The standard InChI is InChI=1S/C18H26N4O3/c1-12-9-13(2)21-17(24-5)14(12)10-19-18(23)20-11-15(22(3)4)16-7-6-8-25-16/h6-9,15H,10-11H2,1-5H3,(H2,19,20,23). The van der Waals surface area contributed by atoms with Gasteiger partial charge in [0.2, 0.25) is 5.88 Å². The van der Waals surface area contributed by atoms with Crippen LogP contribution in [0.25, 0.3) is 0 Å². The first-order valence-corrected chi connectivity index (χ1v) is 8.15. The number of carbonyl (C=O) groups is 1. The molecule has 0 aliphatic heterocycles. The summed E-state index contributed by atoms with van der Waals surface area (Å²) in [4.78, 5) is 18.5. The van der Waals surface area contributed by atoms with E-state index in [9.17, 15) is 4.79 Å². The molecule has 0 aromatic carbocycles. The summed E-state index contributed by atoms with van der Waals surface area (Å²) in [7, 11) is 5.47. The summed E-state index contributed by atoms with van der Waals surface area (Å²) in [6.07, 6.45) is 1.63. The van der Waals surface area contributed by atoms with Crippen LogP contribution in [0.2, 0.25) is 0 Å². The summed E-state index contributed by atoms with van der Waals surface area (Å²) in [5.74, 6) is 1.35. The van der Waals surface area contributed by atoms with E-state index in [4.69, 9.17) is 9.15 Å². The van der Waals surface area contributed by atoms with Gasteiger partial charge >= 0.3 is 6.03 Å². The second-order valence-corrected chi connectivity index (χ2v) is 6.13. The number of ether oxygens (including phenoxy) is 1. The molecule has 0 radical (unpaired) electrons. The van der Waals surface area contributed by atoms with Crippen molar-refractivity contribution in [2.24, 2.45) is 0 Å². The van der Waals surface area contributed by atoms with Gasteiger partial charge < -0.3 is 19.8 Å². The number of amides is 2. The highest BCUT2D eigenvalue weighted by Crippen LogP contribution is 2.20. The van der Waals surface area contributed by atoms with Crippen molar-refractivity contribution in [2.75, 3.05) is 27.7 Å². The Morgan fingerprint density at radius 2 is 2.12 bits per heavy atom. The van der Waals surface area contributed by atoms with Crippen LogP contribution in [-0.2, 0) is 6.54 Å². The smallest absolute Gasteiger partial charge is 0.315 e. The maximum atomic E-state index is 12.2. The minimum absolute atomic E-state index is 0.0296. The topological polar surface area (TPSA) is 79.6 Å². The molecule has 2 heterocycles. The molecule has 2 aromatic rings. The number of carbonyl (C=O) groups excluding carboxylic acids is 1. The number of furan rings is 1. The molecule has 0 aliphatic carbocycles. The molecule has 2 N–H and O–H groups in total. The first kappa shape index (κ1) is 18.8. The number of aryl methyl sites for hydroxylation is 2. The van der Waals surface area contributed by atoms with Gasteiger partial charge in [-0.25, -0.2) is 9.78 Å². The minimum atomic E-state index is -0.250. The molecule has 0 saturated carbocycles. The van der Waals surface area contributed by atoms with Gasteiger partial charge in [0.25, 0.3) is 0 Å². The lowest BCUT2D eigenvalue weighted by Gasteiger charge is -2.22. The van der Waals surface area contributed by atoms with Crippen molar-refractivity contribution < 1.29 is 13.9 Å². The zero-order valence-electron chi connectivity index (χ0n) is 15.4. The number of pyridine rings is 1. The van der Waals surface area contributed by atoms with E-state index in [0.717, 1.165) is 22.6 Å². The Morgan fingerprint density at radius 3 is 2.72 bits per heavy atom. The number of urea groups is 1. The fourth-order valence-corrected chi connectivity index (χ4v) is 2.65. The van der Waals surface area contributed by atoms with E-state index in [0.29, 0.717) is 19.0 Å². The van der Waals surface area contributed by atoms with Gasteiger partial charge in [-0.15, -0.1) is 0 Å². The number of aromatic nitrogens is 1. The van der Waals surface area contributed by atoms with E-state index in [1.54, 1.807) is 13.4 Å². The van der Waals surface area contributed by atoms with Gasteiger partial charge in [0.15, 0.2) is 0 Å². The van der Waals surface area contributed by atoms with Crippen LogP contribution in [0.1, 0.15) is 28.6 Å². The number of hydrogen-bond donors (Lipinski definition) is 2. The summed E-state index contributed by atoms with van der Waals surface area (Å²) < 4.78 is 10.8. The van der Waals surface area contributed by atoms with Crippen LogP contribution < -0.4 is 15.4 Å². The Hall–Kier alpha value is -2.54. The fourth-order valence-electron chi connectivity index (χ4n) is 2.65. The second kappa shape index (κ2) is 8.53. The molecule has 0 fully saturated rings. The highest BCUT2D eigenvalue weighted by atomic mass is 16.5. The number of nitrogens with one attached hydrogen (secondary N) is 2. The van der Waals surface area contributed by atoms with Crippen molar-refractivity contribution in [3.05, 3.63) is 47.0 Å². The SMILES string of the molecule is COc1nc(C)cc(C)c1CNC(=O)NCC(c1ccco1)N(C)C.